The Kier molecular flexibility index (Phi) is 4.41. The van der Waals surface area contributed by atoms with Gasteiger partial charge in [-0.1, -0.05) is 30.3 Å². The summed E-state index contributed by atoms with van der Waals surface area (Å²) < 4.78 is 39.8. The van der Waals surface area contributed by atoms with Gasteiger partial charge in [0.25, 0.3) is 0 Å². The largest absolute Gasteiger partial charge is 0.474 e. The number of ether oxygens (including phenoxy) is 1. The Balaban J connectivity index is 2.35. The molecule has 0 aliphatic carbocycles. The van der Waals surface area contributed by atoms with E-state index >= 15 is 0 Å². The monoisotopic (exact) mass is 252 g/mol. The van der Waals surface area contributed by atoms with Crippen molar-refractivity contribution in [2.45, 2.75) is 12.1 Å². The topological polar surface area (TPSA) is 9.23 Å². The third-order valence-electron chi connectivity index (χ3n) is 1.40. The number of benzene rings is 1. The van der Waals surface area contributed by atoms with Crippen molar-refractivity contribution in [2.24, 2.45) is 0 Å². The molecule has 0 fully saturated rings. The highest BCUT2D eigenvalue weighted by atomic mass is 32.2. The number of alkyl halides is 3. The summed E-state index contributed by atoms with van der Waals surface area (Å²) in [6.45, 7) is 0.0583. The normalized spacial score (nSPS) is 11.1. The Morgan fingerprint density at radius 2 is 1.87 bits per heavy atom. The van der Waals surface area contributed by atoms with Gasteiger partial charge in [-0.2, -0.15) is 13.2 Å². The van der Waals surface area contributed by atoms with Crippen molar-refractivity contribution in [1.82, 2.24) is 0 Å². The summed E-state index contributed by atoms with van der Waals surface area (Å²) >= 11 is 4.01. The van der Waals surface area contributed by atoms with Crippen LogP contribution in [0.15, 0.2) is 30.3 Å². The molecule has 1 aromatic rings. The van der Waals surface area contributed by atoms with Crippen molar-refractivity contribution in [3.8, 4) is 0 Å². The predicted molar refractivity (Wildman–Crippen MR) is 57.5 cm³/mol. The number of hydrogen-bond donors (Lipinski definition) is 0. The predicted octanol–water partition coefficient (Wildman–Crippen LogP) is 3.74. The molecule has 0 aliphatic heterocycles. The molecule has 0 amide bonds. The van der Waals surface area contributed by atoms with Crippen LogP contribution in [0.4, 0.5) is 13.2 Å². The summed E-state index contributed by atoms with van der Waals surface area (Å²) in [6.07, 6.45) is 0. The van der Waals surface area contributed by atoms with Crippen molar-refractivity contribution in [3.05, 3.63) is 35.9 Å². The quantitative estimate of drug-likeness (QED) is 0.742. The van der Waals surface area contributed by atoms with Crippen LogP contribution >= 0.6 is 24.0 Å². The van der Waals surface area contributed by atoms with Crippen LogP contribution in [0, 0.1) is 0 Å². The molecule has 6 heteroatoms. The van der Waals surface area contributed by atoms with E-state index in [1.165, 1.54) is 0 Å². The van der Waals surface area contributed by atoms with Crippen molar-refractivity contribution in [3.63, 3.8) is 0 Å². The lowest BCUT2D eigenvalue weighted by atomic mass is 10.2. The molecule has 0 aliphatic rings. The van der Waals surface area contributed by atoms with Gasteiger partial charge in [-0.3, -0.25) is 0 Å². The first-order valence-corrected chi connectivity index (χ1v) is 5.16. The molecule has 0 aromatic heterocycles. The molecule has 0 bridgehead atoms. The zero-order chi connectivity index (χ0) is 11.3. The highest BCUT2D eigenvalue weighted by molar-refractivity contribution is 8.23. The van der Waals surface area contributed by atoms with Gasteiger partial charge in [0.05, 0.1) is 0 Å². The van der Waals surface area contributed by atoms with E-state index in [1.807, 2.05) is 6.07 Å². The van der Waals surface area contributed by atoms with Crippen LogP contribution < -0.4 is 0 Å². The van der Waals surface area contributed by atoms with E-state index in [2.05, 4.69) is 12.2 Å². The third kappa shape index (κ3) is 5.64. The summed E-state index contributed by atoms with van der Waals surface area (Å²) in [5.74, 6) is 0. The van der Waals surface area contributed by atoms with Crippen molar-refractivity contribution >= 4 is 28.4 Å². The average molecular weight is 252 g/mol. The fraction of sp³-hybridized carbons (Fsp3) is 0.222. The van der Waals surface area contributed by atoms with E-state index < -0.39 is 21.7 Å². The first kappa shape index (κ1) is 12.3. The molecule has 0 atom stereocenters. The highest BCUT2D eigenvalue weighted by Crippen LogP contribution is 2.31. The Morgan fingerprint density at radius 3 is 2.40 bits per heavy atom. The summed E-state index contributed by atoms with van der Waals surface area (Å²) in [4.78, 5) is 0. The van der Waals surface area contributed by atoms with Gasteiger partial charge in [0.1, 0.15) is 6.61 Å². The molecule has 0 radical (unpaired) electrons. The number of rotatable bonds is 2. The zero-order valence-corrected chi connectivity index (χ0v) is 9.09. The number of halogens is 3. The maximum absolute atomic E-state index is 11.8. The zero-order valence-electron chi connectivity index (χ0n) is 7.45. The van der Waals surface area contributed by atoms with Crippen LogP contribution in [0.25, 0.3) is 0 Å². The minimum Gasteiger partial charge on any atom is -0.474 e. The van der Waals surface area contributed by atoms with Gasteiger partial charge in [0.15, 0.2) is 0 Å². The number of thiocarbonyl (C=S) groups is 1. The van der Waals surface area contributed by atoms with Gasteiger partial charge in [0.2, 0.25) is 4.38 Å². The van der Waals surface area contributed by atoms with Crippen LogP contribution in [0.3, 0.4) is 0 Å². The van der Waals surface area contributed by atoms with E-state index in [9.17, 15) is 13.2 Å². The highest BCUT2D eigenvalue weighted by Gasteiger charge is 2.31. The molecular weight excluding hydrogens is 245 g/mol. The lowest BCUT2D eigenvalue weighted by molar-refractivity contribution is -0.0319. The average Bonchev–Trinajstić information content (AvgIpc) is 2.14. The summed E-state index contributed by atoms with van der Waals surface area (Å²) in [7, 11) is 0. The van der Waals surface area contributed by atoms with E-state index in [-0.39, 0.29) is 6.61 Å². The smallest absolute Gasteiger partial charge is 0.450 e. The lowest BCUT2D eigenvalue weighted by Crippen LogP contribution is -2.07. The second-order valence-electron chi connectivity index (χ2n) is 2.57. The number of thioether (sulfide) groups is 1. The van der Waals surface area contributed by atoms with Gasteiger partial charge in [-0.25, -0.2) is 0 Å². The van der Waals surface area contributed by atoms with E-state index in [0.717, 1.165) is 5.56 Å². The van der Waals surface area contributed by atoms with Crippen molar-refractivity contribution in [1.29, 1.82) is 0 Å². The number of hydrogen-bond acceptors (Lipinski definition) is 3. The van der Waals surface area contributed by atoms with Gasteiger partial charge in [-0.15, -0.1) is 0 Å². The maximum Gasteiger partial charge on any atom is 0.450 e. The van der Waals surface area contributed by atoms with Crippen LogP contribution in [0.2, 0.25) is 0 Å². The van der Waals surface area contributed by atoms with Gasteiger partial charge in [-0.05, 0) is 17.8 Å². The molecule has 0 unspecified atom stereocenters. The maximum atomic E-state index is 11.8. The van der Waals surface area contributed by atoms with Crippen molar-refractivity contribution in [2.75, 3.05) is 0 Å². The first-order chi connectivity index (χ1) is 6.97. The SMILES string of the molecule is FC(F)(F)SC(=S)OCc1ccccc1. The fourth-order valence-corrected chi connectivity index (χ4v) is 1.49. The minimum absolute atomic E-state index is 0.0583. The lowest BCUT2D eigenvalue weighted by Gasteiger charge is -2.08. The Morgan fingerprint density at radius 1 is 1.27 bits per heavy atom. The van der Waals surface area contributed by atoms with E-state index in [1.54, 1.807) is 24.3 Å². The van der Waals surface area contributed by atoms with Gasteiger partial charge in [0, 0.05) is 11.8 Å². The van der Waals surface area contributed by atoms with E-state index in [4.69, 9.17) is 4.74 Å². The summed E-state index contributed by atoms with van der Waals surface area (Å²) in [6, 6.07) is 8.87. The van der Waals surface area contributed by atoms with Crippen LogP contribution in [-0.2, 0) is 11.3 Å². The van der Waals surface area contributed by atoms with Gasteiger partial charge < -0.3 is 4.74 Å². The minimum atomic E-state index is -4.38. The standard InChI is InChI=1S/C9H7F3OS2/c10-9(11,12)15-8(14)13-6-7-4-2-1-3-5-7/h1-5H,6H2. The molecule has 0 heterocycles. The molecule has 0 spiro atoms. The van der Waals surface area contributed by atoms with E-state index in [0.29, 0.717) is 0 Å². The van der Waals surface area contributed by atoms with Crippen LogP contribution in [0.5, 0.6) is 0 Å². The summed E-state index contributed by atoms with van der Waals surface area (Å²) in [5, 5.41) is 0. The molecule has 0 saturated carbocycles. The molecular formula is C9H7F3OS2. The molecule has 15 heavy (non-hydrogen) atoms. The van der Waals surface area contributed by atoms with Crippen molar-refractivity contribution < 1.29 is 17.9 Å². The fourth-order valence-electron chi connectivity index (χ4n) is 0.840. The molecule has 1 aromatic carbocycles. The van der Waals surface area contributed by atoms with Crippen LogP contribution in [-0.4, -0.2) is 9.89 Å². The summed E-state index contributed by atoms with van der Waals surface area (Å²) in [5.41, 5.74) is -3.60. The Labute approximate surface area is 94.6 Å². The molecule has 1 rings (SSSR count). The van der Waals surface area contributed by atoms with Gasteiger partial charge >= 0.3 is 5.51 Å². The molecule has 1 nitrogen and oxygen atoms in total. The molecule has 82 valence electrons. The molecule has 0 N–H and O–H groups in total. The third-order valence-corrected chi connectivity index (χ3v) is 2.28. The second-order valence-corrected chi connectivity index (χ2v) is 4.24. The Hall–Kier alpha value is -0.750. The molecule has 0 saturated heterocycles. The van der Waals surface area contributed by atoms with Crippen LogP contribution in [0.1, 0.15) is 5.56 Å². The Bertz CT molecular complexity index is 324. The first-order valence-electron chi connectivity index (χ1n) is 3.94. The second kappa shape index (κ2) is 5.37.